The van der Waals surface area contributed by atoms with Gasteiger partial charge in [-0.15, -0.1) is 0 Å². The van der Waals surface area contributed by atoms with Crippen LogP contribution in [0.5, 0.6) is 0 Å². The van der Waals surface area contributed by atoms with Crippen LogP contribution >= 0.6 is 0 Å². The Balaban J connectivity index is 5.04. The topological polar surface area (TPSA) is 78.9 Å². The summed E-state index contributed by atoms with van der Waals surface area (Å²) < 4.78 is 0. The van der Waals surface area contributed by atoms with Gasteiger partial charge in [0.15, 0.2) is 5.84 Å². The number of nitrogens with two attached hydrogens (primary N) is 1. The summed E-state index contributed by atoms with van der Waals surface area (Å²) in [5.41, 5.74) is 5.61. The van der Waals surface area contributed by atoms with Crippen molar-refractivity contribution >= 4 is 11.7 Å². The molecule has 0 bridgehead atoms. The number of nitrogens with zero attached hydrogens (tertiary/aromatic N) is 2. The Hall–Kier alpha value is -1.26. The molecule has 17 heavy (non-hydrogen) atoms. The lowest BCUT2D eigenvalue weighted by Crippen LogP contribution is -2.47. The summed E-state index contributed by atoms with van der Waals surface area (Å²) in [5, 5.41) is 11.7. The molecule has 0 aliphatic carbocycles. The van der Waals surface area contributed by atoms with Crippen LogP contribution in [0, 0.1) is 11.8 Å². The summed E-state index contributed by atoms with van der Waals surface area (Å²) in [6.45, 7) is 10.4. The maximum absolute atomic E-state index is 12.4. The average Bonchev–Trinajstić information content (AvgIpc) is 2.24. The molecule has 3 N–H and O–H groups in total. The summed E-state index contributed by atoms with van der Waals surface area (Å²) in [4.78, 5) is 14.2. The lowest BCUT2D eigenvalue weighted by atomic mass is 9.92. The number of amides is 1. The van der Waals surface area contributed by atoms with Gasteiger partial charge >= 0.3 is 0 Å². The molecule has 0 heterocycles. The molecule has 5 heteroatoms. The van der Waals surface area contributed by atoms with E-state index in [-0.39, 0.29) is 23.7 Å². The summed E-state index contributed by atoms with van der Waals surface area (Å²) in [6.07, 6.45) is 0.894. The number of carbonyl (C=O) groups is 1. The van der Waals surface area contributed by atoms with E-state index >= 15 is 0 Å². The first-order chi connectivity index (χ1) is 7.86. The molecule has 0 aliphatic heterocycles. The molecule has 0 aromatic carbocycles. The Bertz CT molecular complexity index is 275. The van der Waals surface area contributed by atoms with E-state index in [0.29, 0.717) is 6.54 Å². The van der Waals surface area contributed by atoms with Gasteiger partial charge in [0.05, 0.1) is 0 Å². The van der Waals surface area contributed by atoms with Gasteiger partial charge in [-0.2, -0.15) is 0 Å². The molecule has 0 aromatic rings. The van der Waals surface area contributed by atoms with Crippen molar-refractivity contribution in [1.29, 1.82) is 0 Å². The van der Waals surface area contributed by atoms with Crippen LogP contribution in [0.25, 0.3) is 0 Å². The van der Waals surface area contributed by atoms with Crippen LogP contribution in [0.2, 0.25) is 0 Å². The van der Waals surface area contributed by atoms with Crippen molar-refractivity contribution in [2.45, 2.75) is 47.1 Å². The van der Waals surface area contributed by atoms with Crippen molar-refractivity contribution in [1.82, 2.24) is 4.90 Å². The minimum Gasteiger partial charge on any atom is -0.409 e. The van der Waals surface area contributed by atoms with E-state index in [4.69, 9.17) is 10.9 Å². The molecule has 0 radical (unpaired) electrons. The first kappa shape index (κ1) is 15.7. The smallest absolute Gasteiger partial charge is 0.233 e. The van der Waals surface area contributed by atoms with Crippen molar-refractivity contribution in [2.24, 2.45) is 22.7 Å². The molecule has 0 saturated carbocycles. The first-order valence-corrected chi connectivity index (χ1v) is 6.14. The van der Waals surface area contributed by atoms with E-state index in [9.17, 15) is 4.79 Å². The van der Waals surface area contributed by atoms with Crippen LogP contribution in [-0.2, 0) is 4.79 Å². The summed E-state index contributed by atoms with van der Waals surface area (Å²) in [6, 6.07) is 0.121. The van der Waals surface area contributed by atoms with Gasteiger partial charge in [-0.05, 0) is 26.2 Å². The zero-order valence-electron chi connectivity index (χ0n) is 11.5. The fourth-order valence-corrected chi connectivity index (χ4v) is 1.86. The van der Waals surface area contributed by atoms with Crippen molar-refractivity contribution < 1.29 is 10.0 Å². The quantitative estimate of drug-likeness (QED) is 0.322. The molecule has 1 unspecified atom stereocenters. The second kappa shape index (κ2) is 7.14. The van der Waals surface area contributed by atoms with Crippen molar-refractivity contribution in [3.63, 3.8) is 0 Å². The Kier molecular flexibility index (Phi) is 6.61. The third-order valence-electron chi connectivity index (χ3n) is 2.74. The molecular formula is C12H25N3O2. The third kappa shape index (κ3) is 4.24. The molecule has 0 saturated heterocycles. The van der Waals surface area contributed by atoms with Gasteiger partial charge in [0.1, 0.15) is 5.92 Å². The van der Waals surface area contributed by atoms with E-state index in [1.165, 1.54) is 0 Å². The number of carbonyl (C=O) groups excluding carboxylic acids is 1. The highest BCUT2D eigenvalue weighted by Gasteiger charge is 2.31. The van der Waals surface area contributed by atoms with Gasteiger partial charge in [0.2, 0.25) is 5.91 Å². The molecule has 5 nitrogen and oxygen atoms in total. The van der Waals surface area contributed by atoms with Crippen LogP contribution in [0.1, 0.15) is 41.0 Å². The molecule has 1 amide bonds. The minimum atomic E-state index is -0.547. The lowest BCUT2D eigenvalue weighted by molar-refractivity contribution is -0.136. The van der Waals surface area contributed by atoms with Crippen LogP contribution in [-0.4, -0.2) is 34.4 Å². The zero-order chi connectivity index (χ0) is 13.6. The summed E-state index contributed by atoms with van der Waals surface area (Å²) >= 11 is 0. The Morgan fingerprint density at radius 2 is 1.88 bits per heavy atom. The molecule has 100 valence electrons. The SMILES string of the molecule is CCCN(C(=O)C(/C(N)=N/O)C(C)C)C(C)C. The lowest BCUT2D eigenvalue weighted by Gasteiger charge is -2.31. The molecule has 0 aromatic heterocycles. The molecule has 0 spiro atoms. The summed E-state index contributed by atoms with van der Waals surface area (Å²) in [5.74, 6) is -0.607. The second-order valence-corrected chi connectivity index (χ2v) is 4.87. The standard InChI is InChI=1S/C12H25N3O2/c1-6-7-15(9(4)5)12(16)10(8(2)3)11(13)14-17/h8-10,17H,6-7H2,1-5H3,(H2,13,14). The molecule has 0 aliphatic rings. The predicted molar refractivity (Wildman–Crippen MR) is 68.9 cm³/mol. The van der Waals surface area contributed by atoms with Gasteiger partial charge in [-0.25, -0.2) is 0 Å². The highest BCUT2D eigenvalue weighted by molar-refractivity contribution is 6.02. The minimum absolute atomic E-state index is 0.00764. The van der Waals surface area contributed by atoms with Crippen molar-refractivity contribution in [3.05, 3.63) is 0 Å². The fraction of sp³-hybridized carbons (Fsp3) is 0.833. The average molecular weight is 243 g/mol. The summed E-state index contributed by atoms with van der Waals surface area (Å²) in [7, 11) is 0. The van der Waals surface area contributed by atoms with Crippen LogP contribution < -0.4 is 5.73 Å². The van der Waals surface area contributed by atoms with Crippen molar-refractivity contribution in [2.75, 3.05) is 6.54 Å². The van der Waals surface area contributed by atoms with Gasteiger partial charge in [-0.3, -0.25) is 4.79 Å². The molecular weight excluding hydrogens is 218 g/mol. The van der Waals surface area contributed by atoms with E-state index in [1.807, 2.05) is 34.6 Å². The van der Waals surface area contributed by atoms with Gasteiger partial charge < -0.3 is 15.8 Å². The van der Waals surface area contributed by atoms with Crippen LogP contribution in [0.4, 0.5) is 0 Å². The number of oxime groups is 1. The Morgan fingerprint density at radius 3 is 2.18 bits per heavy atom. The number of amidine groups is 1. The number of rotatable bonds is 6. The second-order valence-electron chi connectivity index (χ2n) is 4.87. The zero-order valence-corrected chi connectivity index (χ0v) is 11.5. The number of hydrogen-bond donors (Lipinski definition) is 2. The maximum Gasteiger partial charge on any atom is 0.233 e. The molecule has 1 atom stereocenters. The predicted octanol–water partition coefficient (Wildman–Crippen LogP) is 1.65. The highest BCUT2D eigenvalue weighted by Crippen LogP contribution is 2.17. The molecule has 0 fully saturated rings. The first-order valence-electron chi connectivity index (χ1n) is 6.14. The van der Waals surface area contributed by atoms with E-state index in [1.54, 1.807) is 4.90 Å². The Morgan fingerprint density at radius 1 is 1.35 bits per heavy atom. The van der Waals surface area contributed by atoms with E-state index in [0.717, 1.165) is 6.42 Å². The molecule has 0 rings (SSSR count). The van der Waals surface area contributed by atoms with Gasteiger partial charge in [0.25, 0.3) is 0 Å². The number of hydrogen-bond acceptors (Lipinski definition) is 3. The normalized spacial score (nSPS) is 14.2. The van der Waals surface area contributed by atoms with E-state index < -0.39 is 5.92 Å². The van der Waals surface area contributed by atoms with Gasteiger partial charge in [-0.1, -0.05) is 25.9 Å². The van der Waals surface area contributed by atoms with E-state index in [2.05, 4.69) is 5.16 Å². The van der Waals surface area contributed by atoms with Crippen molar-refractivity contribution in [3.8, 4) is 0 Å². The largest absolute Gasteiger partial charge is 0.409 e. The Labute approximate surface area is 104 Å². The monoisotopic (exact) mass is 243 g/mol. The highest BCUT2D eigenvalue weighted by atomic mass is 16.4. The fourth-order valence-electron chi connectivity index (χ4n) is 1.86. The maximum atomic E-state index is 12.4. The van der Waals surface area contributed by atoms with Crippen LogP contribution in [0.3, 0.4) is 0 Å². The third-order valence-corrected chi connectivity index (χ3v) is 2.74. The van der Waals surface area contributed by atoms with Crippen LogP contribution in [0.15, 0.2) is 5.16 Å². The van der Waals surface area contributed by atoms with Gasteiger partial charge in [0, 0.05) is 12.6 Å².